The minimum atomic E-state index is -0.297. The number of urea groups is 1. The molecule has 1 aromatic carbocycles. The van der Waals surface area contributed by atoms with Gasteiger partial charge in [-0.25, -0.2) is 4.79 Å². The lowest BCUT2D eigenvalue weighted by Crippen LogP contribution is -2.54. The number of carbonyl (C=O) groups is 1. The second-order valence-corrected chi connectivity index (χ2v) is 7.57. The maximum Gasteiger partial charge on any atom is 0.321 e. The van der Waals surface area contributed by atoms with Crippen LogP contribution in [0.4, 0.5) is 9.93 Å². The Bertz CT molecular complexity index is 709. The summed E-state index contributed by atoms with van der Waals surface area (Å²) in [7, 11) is 0. The SMILES string of the molecule is CCc1nnc(NC(=O)NC2CN(Cc3ccccc3)CCC2CO)s1. The first-order valence-corrected chi connectivity index (χ1v) is 9.76. The van der Waals surface area contributed by atoms with Crippen LogP contribution in [0.5, 0.6) is 0 Å². The fraction of sp³-hybridized carbons (Fsp3) is 0.500. The van der Waals surface area contributed by atoms with E-state index in [4.69, 9.17) is 0 Å². The molecule has 1 aromatic heterocycles. The molecule has 8 heteroatoms. The standard InChI is InChI=1S/C18H25N5O2S/c1-2-16-21-22-18(26-16)20-17(25)19-15-11-23(9-8-14(15)12-24)10-13-6-4-3-5-7-13/h3-7,14-15,24H,2,8-12H2,1H3,(H2,19,20,22,25). The first-order chi connectivity index (χ1) is 12.7. The van der Waals surface area contributed by atoms with Gasteiger partial charge in [-0.05, 0) is 24.9 Å². The van der Waals surface area contributed by atoms with E-state index in [2.05, 4.69) is 37.9 Å². The third-order valence-corrected chi connectivity index (χ3v) is 5.61. The maximum absolute atomic E-state index is 12.3. The Balaban J connectivity index is 1.57. The topological polar surface area (TPSA) is 90.4 Å². The Morgan fingerprint density at radius 3 is 2.85 bits per heavy atom. The van der Waals surface area contributed by atoms with Gasteiger partial charge in [0.05, 0.1) is 0 Å². The summed E-state index contributed by atoms with van der Waals surface area (Å²) in [6.07, 6.45) is 1.65. The van der Waals surface area contributed by atoms with Gasteiger partial charge in [0, 0.05) is 31.7 Å². The van der Waals surface area contributed by atoms with Gasteiger partial charge in [0.1, 0.15) is 5.01 Å². The molecular weight excluding hydrogens is 350 g/mol. The monoisotopic (exact) mass is 375 g/mol. The zero-order chi connectivity index (χ0) is 18.4. The van der Waals surface area contributed by atoms with Crippen LogP contribution >= 0.6 is 11.3 Å². The molecule has 0 aliphatic carbocycles. The zero-order valence-corrected chi connectivity index (χ0v) is 15.7. The minimum absolute atomic E-state index is 0.0633. The highest BCUT2D eigenvalue weighted by molar-refractivity contribution is 7.15. The highest BCUT2D eigenvalue weighted by Crippen LogP contribution is 2.20. The molecule has 0 saturated carbocycles. The van der Waals surface area contributed by atoms with Crippen LogP contribution in [-0.2, 0) is 13.0 Å². The summed E-state index contributed by atoms with van der Waals surface area (Å²) < 4.78 is 0. The van der Waals surface area contributed by atoms with Gasteiger partial charge in [0.2, 0.25) is 5.13 Å². The summed E-state index contributed by atoms with van der Waals surface area (Å²) in [4.78, 5) is 14.6. The number of hydrogen-bond donors (Lipinski definition) is 3. The number of piperidine rings is 1. The van der Waals surface area contributed by atoms with Gasteiger partial charge in [-0.1, -0.05) is 48.6 Å². The number of aliphatic hydroxyl groups excluding tert-OH is 1. The number of nitrogens with zero attached hydrogens (tertiary/aromatic N) is 3. The molecule has 1 saturated heterocycles. The molecule has 3 N–H and O–H groups in total. The molecule has 26 heavy (non-hydrogen) atoms. The van der Waals surface area contributed by atoms with Crippen LogP contribution in [0.2, 0.25) is 0 Å². The van der Waals surface area contributed by atoms with E-state index < -0.39 is 0 Å². The molecule has 0 radical (unpaired) electrons. The average molecular weight is 375 g/mol. The molecule has 7 nitrogen and oxygen atoms in total. The number of aryl methyl sites for hydroxylation is 1. The largest absolute Gasteiger partial charge is 0.396 e. The van der Waals surface area contributed by atoms with Crippen molar-refractivity contribution in [2.45, 2.75) is 32.4 Å². The summed E-state index contributed by atoms with van der Waals surface area (Å²) in [5, 5.41) is 24.8. The van der Waals surface area contributed by atoms with E-state index in [-0.39, 0.29) is 24.6 Å². The van der Waals surface area contributed by atoms with Gasteiger partial charge in [-0.2, -0.15) is 0 Å². The molecule has 3 rings (SSSR count). The number of anilines is 1. The van der Waals surface area contributed by atoms with Crippen LogP contribution in [0.1, 0.15) is 23.9 Å². The molecule has 2 unspecified atom stereocenters. The Morgan fingerprint density at radius 1 is 1.35 bits per heavy atom. The van der Waals surface area contributed by atoms with Crippen molar-refractivity contribution in [2.75, 3.05) is 25.0 Å². The highest BCUT2D eigenvalue weighted by atomic mass is 32.1. The Kier molecular flexibility index (Phi) is 6.54. The van der Waals surface area contributed by atoms with Gasteiger partial charge in [0.15, 0.2) is 0 Å². The molecule has 0 spiro atoms. The molecule has 1 fully saturated rings. The fourth-order valence-electron chi connectivity index (χ4n) is 3.18. The summed E-state index contributed by atoms with van der Waals surface area (Å²) >= 11 is 1.38. The molecule has 1 aliphatic heterocycles. The number of nitrogens with one attached hydrogen (secondary N) is 2. The van der Waals surface area contributed by atoms with Crippen molar-refractivity contribution in [3.8, 4) is 0 Å². The molecule has 1 aliphatic rings. The molecule has 0 bridgehead atoms. The van der Waals surface area contributed by atoms with Crippen molar-refractivity contribution in [1.82, 2.24) is 20.4 Å². The number of carbonyl (C=O) groups excluding carboxylic acids is 1. The van der Waals surface area contributed by atoms with Crippen molar-refractivity contribution in [3.05, 3.63) is 40.9 Å². The van der Waals surface area contributed by atoms with Crippen LogP contribution in [0, 0.1) is 5.92 Å². The van der Waals surface area contributed by atoms with Gasteiger partial charge < -0.3 is 10.4 Å². The molecule has 140 valence electrons. The average Bonchev–Trinajstić information content (AvgIpc) is 3.10. The smallest absolute Gasteiger partial charge is 0.321 e. The second kappa shape index (κ2) is 9.07. The Hall–Kier alpha value is -2.03. The molecule has 2 amide bonds. The normalized spacial score (nSPS) is 20.7. The highest BCUT2D eigenvalue weighted by Gasteiger charge is 2.30. The van der Waals surface area contributed by atoms with E-state index in [0.717, 1.165) is 30.9 Å². The van der Waals surface area contributed by atoms with Crippen molar-refractivity contribution in [2.24, 2.45) is 5.92 Å². The van der Waals surface area contributed by atoms with Crippen LogP contribution < -0.4 is 10.6 Å². The lowest BCUT2D eigenvalue weighted by atomic mass is 9.92. The van der Waals surface area contributed by atoms with Gasteiger partial charge >= 0.3 is 6.03 Å². The lowest BCUT2D eigenvalue weighted by Gasteiger charge is -2.38. The molecule has 2 heterocycles. The third kappa shape index (κ3) is 5.00. The number of amides is 2. The van der Waals surface area contributed by atoms with Crippen LogP contribution in [0.3, 0.4) is 0 Å². The Labute approximate surface area is 157 Å². The van der Waals surface area contributed by atoms with Crippen molar-refractivity contribution < 1.29 is 9.90 Å². The number of aromatic nitrogens is 2. The van der Waals surface area contributed by atoms with E-state index in [9.17, 15) is 9.90 Å². The molecule has 2 aromatic rings. The van der Waals surface area contributed by atoms with E-state index in [0.29, 0.717) is 11.7 Å². The van der Waals surface area contributed by atoms with E-state index in [1.54, 1.807) is 0 Å². The van der Waals surface area contributed by atoms with E-state index >= 15 is 0 Å². The summed E-state index contributed by atoms with van der Waals surface area (Å²) in [5.74, 6) is 0.0633. The number of benzene rings is 1. The second-order valence-electron chi connectivity index (χ2n) is 6.51. The quantitative estimate of drug-likeness (QED) is 0.719. The number of hydrogen-bond acceptors (Lipinski definition) is 6. The van der Waals surface area contributed by atoms with Crippen LogP contribution in [0.25, 0.3) is 0 Å². The summed E-state index contributed by atoms with van der Waals surface area (Å²) in [6, 6.07) is 9.89. The van der Waals surface area contributed by atoms with E-state index in [1.807, 2.05) is 25.1 Å². The predicted octanol–water partition coefficient (Wildman–Crippen LogP) is 2.10. The van der Waals surface area contributed by atoms with Gasteiger partial charge in [0.25, 0.3) is 0 Å². The maximum atomic E-state index is 12.3. The number of aliphatic hydroxyl groups is 1. The molecular formula is C18H25N5O2S. The fourth-order valence-corrected chi connectivity index (χ4v) is 3.86. The summed E-state index contributed by atoms with van der Waals surface area (Å²) in [5.41, 5.74) is 1.25. The van der Waals surface area contributed by atoms with Crippen LogP contribution in [0.15, 0.2) is 30.3 Å². The first-order valence-electron chi connectivity index (χ1n) is 8.95. The third-order valence-electron chi connectivity index (χ3n) is 4.63. The van der Waals surface area contributed by atoms with Crippen molar-refractivity contribution in [1.29, 1.82) is 0 Å². The predicted molar refractivity (Wildman–Crippen MR) is 102 cm³/mol. The summed E-state index contributed by atoms with van der Waals surface area (Å²) in [6.45, 7) is 4.54. The minimum Gasteiger partial charge on any atom is -0.396 e. The number of rotatable bonds is 6. The molecule has 2 atom stereocenters. The van der Waals surface area contributed by atoms with Crippen LogP contribution in [-0.4, -0.2) is 52.0 Å². The zero-order valence-electron chi connectivity index (χ0n) is 14.9. The first kappa shape index (κ1) is 18.8. The van der Waals surface area contributed by atoms with Gasteiger partial charge in [-0.15, -0.1) is 10.2 Å². The van der Waals surface area contributed by atoms with Gasteiger partial charge in [-0.3, -0.25) is 10.2 Å². The lowest BCUT2D eigenvalue weighted by molar-refractivity contribution is 0.0958. The van der Waals surface area contributed by atoms with Crippen molar-refractivity contribution >= 4 is 22.5 Å². The number of likely N-dealkylation sites (tertiary alicyclic amines) is 1. The Morgan fingerprint density at radius 2 is 2.15 bits per heavy atom. The van der Waals surface area contributed by atoms with E-state index in [1.165, 1.54) is 16.9 Å². The van der Waals surface area contributed by atoms with Crippen molar-refractivity contribution in [3.63, 3.8) is 0 Å².